The fourth-order valence-corrected chi connectivity index (χ4v) is 2.81. The van der Waals surface area contributed by atoms with Crippen LogP contribution < -0.4 is 10.6 Å². The van der Waals surface area contributed by atoms with E-state index in [1.165, 1.54) is 19.3 Å². The second kappa shape index (κ2) is 7.78. The fourth-order valence-electron chi connectivity index (χ4n) is 2.81. The Morgan fingerprint density at radius 3 is 2.67 bits per heavy atom. The van der Waals surface area contributed by atoms with Crippen molar-refractivity contribution in [3.63, 3.8) is 0 Å². The fraction of sp³-hybridized carbons (Fsp3) is 0.933. The van der Waals surface area contributed by atoms with Crippen molar-refractivity contribution in [2.24, 2.45) is 5.92 Å². The van der Waals surface area contributed by atoms with E-state index >= 15 is 0 Å². The minimum absolute atomic E-state index is 0.220. The van der Waals surface area contributed by atoms with E-state index in [0.717, 1.165) is 38.8 Å². The second-order valence-electron chi connectivity index (χ2n) is 5.59. The number of carbonyl (C=O) groups excluding carboxylic acids is 1. The molecule has 2 N–H and O–H groups in total. The summed E-state index contributed by atoms with van der Waals surface area (Å²) in [5, 5.41) is 6.57. The number of carbonyl (C=O) groups is 1. The maximum absolute atomic E-state index is 12.3. The zero-order valence-corrected chi connectivity index (χ0v) is 12.3. The molecular formula is C15H30N2O. The summed E-state index contributed by atoms with van der Waals surface area (Å²) in [5.41, 5.74) is -0.275. The summed E-state index contributed by atoms with van der Waals surface area (Å²) >= 11 is 0. The van der Waals surface area contributed by atoms with Gasteiger partial charge in [-0.05, 0) is 38.1 Å². The van der Waals surface area contributed by atoms with Gasteiger partial charge in [-0.15, -0.1) is 0 Å². The average molecular weight is 254 g/mol. The topological polar surface area (TPSA) is 41.1 Å². The van der Waals surface area contributed by atoms with Gasteiger partial charge in [0.25, 0.3) is 0 Å². The van der Waals surface area contributed by atoms with Crippen molar-refractivity contribution < 1.29 is 4.79 Å². The molecular weight excluding hydrogens is 224 g/mol. The maximum Gasteiger partial charge on any atom is 0.240 e. The Morgan fingerprint density at radius 1 is 1.39 bits per heavy atom. The zero-order chi connectivity index (χ0) is 13.4. The van der Waals surface area contributed by atoms with E-state index in [1.54, 1.807) is 0 Å². The largest absolute Gasteiger partial charge is 0.354 e. The molecule has 1 aliphatic rings. The number of rotatable bonds is 8. The van der Waals surface area contributed by atoms with Gasteiger partial charge in [0, 0.05) is 6.54 Å². The minimum atomic E-state index is -0.275. The maximum atomic E-state index is 12.3. The SMILES string of the molecule is CCCCC(CC)CNC(=O)C1(CC)CCCN1. The Kier molecular flexibility index (Phi) is 6.69. The Labute approximate surface area is 112 Å². The minimum Gasteiger partial charge on any atom is -0.354 e. The van der Waals surface area contributed by atoms with Crippen LogP contribution in [-0.4, -0.2) is 24.5 Å². The van der Waals surface area contributed by atoms with Crippen molar-refractivity contribution in [2.75, 3.05) is 13.1 Å². The molecule has 3 heteroatoms. The molecule has 0 aliphatic carbocycles. The van der Waals surface area contributed by atoms with Gasteiger partial charge in [0.2, 0.25) is 5.91 Å². The molecule has 1 heterocycles. The lowest BCUT2D eigenvalue weighted by Crippen LogP contribution is -2.53. The first-order valence-electron chi connectivity index (χ1n) is 7.71. The standard InChI is InChI=1S/C15H30N2O/c1-4-7-9-13(5-2)12-16-14(18)15(6-3)10-8-11-17-15/h13,17H,4-12H2,1-3H3,(H,16,18). The summed E-state index contributed by atoms with van der Waals surface area (Å²) < 4.78 is 0. The predicted octanol–water partition coefficient (Wildman–Crippen LogP) is 2.85. The van der Waals surface area contributed by atoms with Crippen molar-refractivity contribution >= 4 is 5.91 Å². The average Bonchev–Trinajstić information content (AvgIpc) is 2.88. The molecule has 18 heavy (non-hydrogen) atoms. The van der Waals surface area contributed by atoms with E-state index in [0.29, 0.717) is 5.92 Å². The van der Waals surface area contributed by atoms with Crippen LogP contribution in [0.1, 0.15) is 65.7 Å². The highest BCUT2D eigenvalue weighted by molar-refractivity contribution is 5.86. The molecule has 0 aromatic heterocycles. The van der Waals surface area contributed by atoms with Crippen LogP contribution in [0.4, 0.5) is 0 Å². The zero-order valence-electron chi connectivity index (χ0n) is 12.3. The van der Waals surface area contributed by atoms with Gasteiger partial charge in [-0.2, -0.15) is 0 Å². The molecule has 0 radical (unpaired) electrons. The molecule has 2 unspecified atom stereocenters. The summed E-state index contributed by atoms with van der Waals surface area (Å²) in [6, 6.07) is 0. The van der Waals surface area contributed by atoms with Gasteiger partial charge in [0.15, 0.2) is 0 Å². The summed E-state index contributed by atoms with van der Waals surface area (Å²) in [5.74, 6) is 0.863. The lowest BCUT2D eigenvalue weighted by atomic mass is 9.92. The normalized spacial score (nSPS) is 25.1. The number of hydrogen-bond donors (Lipinski definition) is 2. The van der Waals surface area contributed by atoms with E-state index in [2.05, 4.69) is 31.4 Å². The number of hydrogen-bond acceptors (Lipinski definition) is 2. The van der Waals surface area contributed by atoms with Crippen LogP contribution in [0.25, 0.3) is 0 Å². The first kappa shape index (κ1) is 15.5. The first-order chi connectivity index (χ1) is 8.68. The smallest absolute Gasteiger partial charge is 0.240 e. The van der Waals surface area contributed by atoms with Crippen LogP contribution in [0.15, 0.2) is 0 Å². The Bertz CT molecular complexity index is 247. The molecule has 0 aromatic carbocycles. The molecule has 1 fully saturated rings. The van der Waals surface area contributed by atoms with E-state index in [1.807, 2.05) is 0 Å². The molecule has 0 bridgehead atoms. The Hall–Kier alpha value is -0.570. The van der Waals surface area contributed by atoms with Crippen LogP contribution in [0.5, 0.6) is 0 Å². The molecule has 1 rings (SSSR count). The molecule has 1 amide bonds. The van der Waals surface area contributed by atoms with Crippen molar-refractivity contribution in [1.29, 1.82) is 0 Å². The van der Waals surface area contributed by atoms with E-state index < -0.39 is 0 Å². The number of unbranched alkanes of at least 4 members (excludes halogenated alkanes) is 1. The predicted molar refractivity (Wildman–Crippen MR) is 76.6 cm³/mol. The van der Waals surface area contributed by atoms with Crippen LogP contribution in [0.3, 0.4) is 0 Å². The van der Waals surface area contributed by atoms with Crippen molar-refractivity contribution in [1.82, 2.24) is 10.6 Å². The quantitative estimate of drug-likeness (QED) is 0.699. The van der Waals surface area contributed by atoms with Gasteiger partial charge in [0.05, 0.1) is 5.54 Å². The highest BCUT2D eigenvalue weighted by Gasteiger charge is 2.38. The van der Waals surface area contributed by atoms with E-state index in [9.17, 15) is 4.79 Å². The van der Waals surface area contributed by atoms with Crippen molar-refractivity contribution in [3.05, 3.63) is 0 Å². The van der Waals surface area contributed by atoms with Gasteiger partial charge in [-0.3, -0.25) is 4.79 Å². The van der Waals surface area contributed by atoms with Crippen LogP contribution in [0.2, 0.25) is 0 Å². The van der Waals surface area contributed by atoms with Gasteiger partial charge in [-0.25, -0.2) is 0 Å². The Morgan fingerprint density at radius 2 is 2.17 bits per heavy atom. The van der Waals surface area contributed by atoms with Crippen molar-refractivity contribution in [3.8, 4) is 0 Å². The number of amides is 1. The molecule has 3 nitrogen and oxygen atoms in total. The van der Waals surface area contributed by atoms with Crippen LogP contribution in [0, 0.1) is 5.92 Å². The monoisotopic (exact) mass is 254 g/mol. The summed E-state index contributed by atoms with van der Waals surface area (Å²) in [6.07, 6.45) is 7.91. The lowest BCUT2D eigenvalue weighted by molar-refractivity contribution is -0.127. The number of nitrogens with one attached hydrogen (secondary N) is 2. The summed E-state index contributed by atoms with van der Waals surface area (Å²) in [6.45, 7) is 8.37. The molecule has 0 spiro atoms. The van der Waals surface area contributed by atoms with Gasteiger partial charge < -0.3 is 10.6 Å². The first-order valence-corrected chi connectivity index (χ1v) is 7.71. The molecule has 0 saturated carbocycles. The van der Waals surface area contributed by atoms with Gasteiger partial charge in [-0.1, -0.05) is 40.0 Å². The molecule has 106 valence electrons. The van der Waals surface area contributed by atoms with Crippen LogP contribution in [-0.2, 0) is 4.79 Å². The van der Waals surface area contributed by atoms with Crippen LogP contribution >= 0.6 is 0 Å². The molecule has 1 aliphatic heterocycles. The molecule has 0 aromatic rings. The summed E-state index contributed by atoms with van der Waals surface area (Å²) in [7, 11) is 0. The Balaban J connectivity index is 2.38. The summed E-state index contributed by atoms with van der Waals surface area (Å²) in [4.78, 5) is 12.3. The van der Waals surface area contributed by atoms with Gasteiger partial charge >= 0.3 is 0 Å². The van der Waals surface area contributed by atoms with E-state index in [-0.39, 0.29) is 11.4 Å². The van der Waals surface area contributed by atoms with E-state index in [4.69, 9.17) is 0 Å². The second-order valence-corrected chi connectivity index (χ2v) is 5.59. The van der Waals surface area contributed by atoms with Gasteiger partial charge in [0.1, 0.15) is 0 Å². The highest BCUT2D eigenvalue weighted by atomic mass is 16.2. The lowest BCUT2D eigenvalue weighted by Gasteiger charge is -2.28. The highest BCUT2D eigenvalue weighted by Crippen LogP contribution is 2.23. The third-order valence-corrected chi connectivity index (χ3v) is 4.38. The molecule has 1 saturated heterocycles. The molecule has 2 atom stereocenters. The third-order valence-electron chi connectivity index (χ3n) is 4.38. The third kappa shape index (κ3) is 3.98. The van der Waals surface area contributed by atoms with Crippen molar-refractivity contribution in [2.45, 2.75) is 71.3 Å².